The van der Waals surface area contributed by atoms with Crippen LogP contribution in [-0.4, -0.2) is 51.0 Å². The highest BCUT2D eigenvalue weighted by molar-refractivity contribution is 5.94. The number of ether oxygens (including phenoxy) is 2. The Morgan fingerprint density at radius 3 is 2.30 bits per heavy atom. The Labute approximate surface area is 184 Å². The van der Waals surface area contributed by atoms with Crippen LogP contribution in [0, 0.1) is 5.41 Å². The van der Waals surface area contributed by atoms with Gasteiger partial charge in [-0.3, -0.25) is 10.2 Å². The zero-order valence-electron chi connectivity index (χ0n) is 17.7. The fourth-order valence-corrected chi connectivity index (χ4v) is 2.79. The molecule has 0 aliphatic heterocycles. The smallest absolute Gasteiger partial charge is 0.254 e. The highest BCUT2D eigenvalue weighted by atomic mass is 35.5. The molecule has 4 N–H and O–H groups in total. The van der Waals surface area contributed by atoms with Crippen LogP contribution in [0.1, 0.15) is 29.2 Å². The van der Waals surface area contributed by atoms with Gasteiger partial charge in [-0.1, -0.05) is 36.4 Å². The Bertz CT molecular complexity index is 795. The Balaban J connectivity index is 0.00000450. The van der Waals surface area contributed by atoms with Gasteiger partial charge in [0, 0.05) is 25.8 Å². The SMILES string of the molecule is CO[C@H](C(=O)NCc1ccc(C(=N)N)cc1)c1ccc(OCCCN(C)C)cc1.Cl. The summed E-state index contributed by atoms with van der Waals surface area (Å²) in [5, 5.41) is 10.3. The van der Waals surface area contributed by atoms with E-state index in [0.717, 1.165) is 29.8 Å². The Hall–Kier alpha value is -2.61. The normalized spacial score (nSPS) is 11.5. The number of nitrogens with zero attached hydrogens (tertiary/aromatic N) is 1. The zero-order valence-corrected chi connectivity index (χ0v) is 18.5. The molecule has 1 amide bonds. The average molecular weight is 435 g/mol. The van der Waals surface area contributed by atoms with E-state index in [0.29, 0.717) is 18.7 Å². The highest BCUT2D eigenvalue weighted by Gasteiger charge is 2.19. The molecule has 2 rings (SSSR count). The Morgan fingerprint density at radius 1 is 1.13 bits per heavy atom. The predicted octanol–water partition coefficient (Wildman–Crippen LogP) is 2.73. The zero-order chi connectivity index (χ0) is 21.2. The maximum Gasteiger partial charge on any atom is 0.254 e. The second-order valence-electron chi connectivity index (χ2n) is 7.02. The summed E-state index contributed by atoms with van der Waals surface area (Å²) in [4.78, 5) is 14.7. The minimum Gasteiger partial charge on any atom is -0.494 e. The molecule has 2 aromatic rings. The van der Waals surface area contributed by atoms with Crippen molar-refractivity contribution in [2.24, 2.45) is 5.73 Å². The van der Waals surface area contributed by atoms with E-state index in [9.17, 15) is 4.79 Å². The molecule has 164 valence electrons. The molecule has 0 saturated carbocycles. The number of amidine groups is 1. The van der Waals surface area contributed by atoms with Crippen molar-refractivity contribution >= 4 is 24.1 Å². The molecule has 7 nitrogen and oxygen atoms in total. The van der Waals surface area contributed by atoms with Crippen LogP contribution in [0.3, 0.4) is 0 Å². The number of carbonyl (C=O) groups excluding carboxylic acids is 1. The van der Waals surface area contributed by atoms with E-state index >= 15 is 0 Å². The van der Waals surface area contributed by atoms with E-state index in [4.69, 9.17) is 20.6 Å². The van der Waals surface area contributed by atoms with Gasteiger partial charge in [0.2, 0.25) is 0 Å². The van der Waals surface area contributed by atoms with Crippen molar-refractivity contribution in [3.8, 4) is 5.75 Å². The first-order valence-corrected chi connectivity index (χ1v) is 9.52. The molecule has 0 bridgehead atoms. The van der Waals surface area contributed by atoms with Crippen molar-refractivity contribution in [3.63, 3.8) is 0 Å². The minimum absolute atomic E-state index is 0. The van der Waals surface area contributed by atoms with Crippen molar-refractivity contribution in [2.45, 2.75) is 19.1 Å². The van der Waals surface area contributed by atoms with Crippen LogP contribution in [-0.2, 0) is 16.1 Å². The van der Waals surface area contributed by atoms with E-state index in [1.807, 2.05) is 50.5 Å². The molecule has 1 atom stereocenters. The Kier molecular flexibility index (Phi) is 10.9. The number of benzene rings is 2. The molecule has 8 heteroatoms. The summed E-state index contributed by atoms with van der Waals surface area (Å²) in [7, 11) is 5.58. The Morgan fingerprint density at radius 2 is 1.77 bits per heavy atom. The molecule has 0 saturated heterocycles. The van der Waals surface area contributed by atoms with E-state index in [1.54, 1.807) is 12.1 Å². The fourth-order valence-electron chi connectivity index (χ4n) is 2.79. The number of nitrogen functional groups attached to an aromatic ring is 1. The van der Waals surface area contributed by atoms with Crippen LogP contribution < -0.4 is 15.8 Å². The van der Waals surface area contributed by atoms with Gasteiger partial charge in [-0.05, 0) is 43.8 Å². The van der Waals surface area contributed by atoms with Crippen LogP contribution in [0.2, 0.25) is 0 Å². The number of rotatable bonds is 11. The van der Waals surface area contributed by atoms with Crippen LogP contribution in [0.5, 0.6) is 5.75 Å². The summed E-state index contributed by atoms with van der Waals surface area (Å²) in [6.07, 6.45) is 0.250. The number of amides is 1. The maximum atomic E-state index is 12.6. The summed E-state index contributed by atoms with van der Waals surface area (Å²) < 4.78 is 11.1. The van der Waals surface area contributed by atoms with E-state index in [-0.39, 0.29) is 24.1 Å². The second kappa shape index (κ2) is 12.8. The number of nitrogens with two attached hydrogens (primary N) is 1. The fraction of sp³-hybridized carbons (Fsp3) is 0.364. The topological polar surface area (TPSA) is 101 Å². The van der Waals surface area contributed by atoms with Gasteiger partial charge in [0.05, 0.1) is 6.61 Å². The highest BCUT2D eigenvalue weighted by Crippen LogP contribution is 2.21. The number of carbonyl (C=O) groups is 1. The molecule has 0 spiro atoms. The maximum absolute atomic E-state index is 12.6. The summed E-state index contributed by atoms with van der Waals surface area (Å²) in [5.74, 6) is 0.571. The first-order chi connectivity index (χ1) is 13.9. The third kappa shape index (κ3) is 8.02. The van der Waals surface area contributed by atoms with Crippen LogP contribution in [0.4, 0.5) is 0 Å². The predicted molar refractivity (Wildman–Crippen MR) is 121 cm³/mol. The second-order valence-corrected chi connectivity index (χ2v) is 7.02. The first-order valence-electron chi connectivity index (χ1n) is 9.52. The van der Waals surface area contributed by atoms with E-state index in [2.05, 4.69) is 10.2 Å². The first kappa shape index (κ1) is 25.4. The van der Waals surface area contributed by atoms with Crippen molar-refractivity contribution in [3.05, 3.63) is 65.2 Å². The lowest BCUT2D eigenvalue weighted by Crippen LogP contribution is -2.30. The summed E-state index contributed by atoms with van der Waals surface area (Å²) in [6, 6.07) is 14.6. The van der Waals surface area contributed by atoms with Gasteiger partial charge in [0.15, 0.2) is 6.10 Å². The largest absolute Gasteiger partial charge is 0.494 e. The van der Waals surface area contributed by atoms with Gasteiger partial charge >= 0.3 is 0 Å². The van der Waals surface area contributed by atoms with Gasteiger partial charge < -0.3 is 25.4 Å². The molecule has 0 fully saturated rings. The lowest BCUT2D eigenvalue weighted by atomic mass is 10.1. The average Bonchev–Trinajstić information content (AvgIpc) is 2.71. The van der Waals surface area contributed by atoms with Crippen molar-refractivity contribution < 1.29 is 14.3 Å². The molecule has 0 unspecified atom stereocenters. The standard InChI is InChI=1S/C22H30N4O3.ClH/c1-26(2)13-4-14-29-19-11-9-17(10-12-19)20(28-3)22(27)25-15-16-5-7-18(8-6-16)21(23)24;/h5-12,20H,4,13-15H2,1-3H3,(H3,23,24)(H,25,27);1H/t20-;/m0./s1. The van der Waals surface area contributed by atoms with Crippen LogP contribution in [0.15, 0.2) is 48.5 Å². The molecular formula is C22H31ClN4O3. The number of nitrogens with one attached hydrogen (secondary N) is 2. The number of halogens is 1. The third-order valence-corrected chi connectivity index (χ3v) is 4.41. The van der Waals surface area contributed by atoms with Gasteiger partial charge in [0.25, 0.3) is 5.91 Å². The quantitative estimate of drug-likeness (QED) is 0.287. The molecule has 0 aromatic heterocycles. The lowest BCUT2D eigenvalue weighted by Gasteiger charge is -2.16. The van der Waals surface area contributed by atoms with Gasteiger partial charge in [-0.15, -0.1) is 12.4 Å². The number of hydrogen-bond donors (Lipinski definition) is 3. The van der Waals surface area contributed by atoms with Gasteiger partial charge in [0.1, 0.15) is 11.6 Å². The molecule has 0 aliphatic carbocycles. The third-order valence-electron chi connectivity index (χ3n) is 4.41. The number of methoxy groups -OCH3 is 1. The number of hydrogen-bond acceptors (Lipinski definition) is 5. The van der Waals surface area contributed by atoms with Crippen molar-refractivity contribution in [1.82, 2.24) is 10.2 Å². The van der Waals surface area contributed by atoms with Crippen molar-refractivity contribution in [2.75, 3.05) is 34.4 Å². The van der Waals surface area contributed by atoms with Gasteiger partial charge in [-0.2, -0.15) is 0 Å². The monoisotopic (exact) mass is 434 g/mol. The molecule has 0 aliphatic rings. The van der Waals surface area contributed by atoms with E-state index in [1.165, 1.54) is 7.11 Å². The van der Waals surface area contributed by atoms with Gasteiger partial charge in [-0.25, -0.2) is 0 Å². The summed E-state index contributed by atoms with van der Waals surface area (Å²) in [5.41, 5.74) is 7.78. The molecule has 30 heavy (non-hydrogen) atoms. The lowest BCUT2D eigenvalue weighted by molar-refractivity contribution is -0.131. The minimum atomic E-state index is -0.700. The summed E-state index contributed by atoms with van der Waals surface area (Å²) in [6.45, 7) is 1.99. The molecule has 0 radical (unpaired) electrons. The van der Waals surface area contributed by atoms with Crippen molar-refractivity contribution in [1.29, 1.82) is 5.41 Å². The molecular weight excluding hydrogens is 404 g/mol. The summed E-state index contributed by atoms with van der Waals surface area (Å²) >= 11 is 0. The molecule has 0 heterocycles. The van der Waals surface area contributed by atoms with E-state index < -0.39 is 6.10 Å². The van der Waals surface area contributed by atoms with Crippen LogP contribution in [0.25, 0.3) is 0 Å². The van der Waals surface area contributed by atoms with Crippen LogP contribution >= 0.6 is 12.4 Å². The molecule has 2 aromatic carbocycles.